The summed E-state index contributed by atoms with van der Waals surface area (Å²) in [7, 11) is -1.93. The molecule has 0 bridgehead atoms. The van der Waals surface area contributed by atoms with Crippen LogP contribution in [0.2, 0.25) is 6.04 Å². The van der Waals surface area contributed by atoms with Crippen molar-refractivity contribution in [1.29, 1.82) is 0 Å². The Morgan fingerprint density at radius 3 is 2.32 bits per heavy atom. The van der Waals surface area contributed by atoms with Crippen molar-refractivity contribution >= 4 is 18.9 Å². The molecule has 1 aromatic rings. The zero-order valence-corrected chi connectivity index (χ0v) is 15.0. The summed E-state index contributed by atoms with van der Waals surface area (Å²) in [5.41, 5.74) is 0. The SMILES string of the molecule is CO[Si](CCC(CCCS(=O)(=O)O)n1ccnc1)(OC)OC. The second-order valence-electron chi connectivity index (χ2n) is 4.93. The van der Waals surface area contributed by atoms with Crippen molar-refractivity contribution in [2.45, 2.75) is 31.3 Å². The molecular weight excluding hydrogens is 328 g/mol. The Morgan fingerprint density at radius 1 is 1.23 bits per heavy atom. The van der Waals surface area contributed by atoms with Gasteiger partial charge in [-0.05, 0) is 19.3 Å². The van der Waals surface area contributed by atoms with Gasteiger partial charge in [0.05, 0.1) is 12.1 Å². The molecule has 0 aliphatic heterocycles. The lowest BCUT2D eigenvalue weighted by Gasteiger charge is -2.27. The maximum Gasteiger partial charge on any atom is 0.500 e. The molecule has 0 aliphatic rings. The highest BCUT2D eigenvalue weighted by Gasteiger charge is 2.38. The predicted octanol–water partition coefficient (Wildman–Crippen LogP) is 1.36. The van der Waals surface area contributed by atoms with Gasteiger partial charge in [-0.3, -0.25) is 4.55 Å². The van der Waals surface area contributed by atoms with Crippen molar-refractivity contribution in [3.8, 4) is 0 Å². The highest BCUT2D eigenvalue weighted by molar-refractivity contribution is 7.85. The quantitative estimate of drug-likeness (QED) is 0.474. The largest absolute Gasteiger partial charge is 0.500 e. The van der Waals surface area contributed by atoms with Gasteiger partial charge in [0.25, 0.3) is 10.1 Å². The van der Waals surface area contributed by atoms with Crippen molar-refractivity contribution in [3.05, 3.63) is 18.7 Å². The molecule has 1 heterocycles. The first kappa shape index (κ1) is 19.3. The minimum absolute atomic E-state index is 0.0385. The van der Waals surface area contributed by atoms with Gasteiger partial charge in [0.15, 0.2) is 0 Å². The van der Waals surface area contributed by atoms with Crippen LogP contribution in [0.3, 0.4) is 0 Å². The van der Waals surface area contributed by atoms with E-state index in [2.05, 4.69) is 4.98 Å². The van der Waals surface area contributed by atoms with Gasteiger partial charge in [0.1, 0.15) is 0 Å². The number of aromatic nitrogens is 2. The number of rotatable bonds is 11. The highest BCUT2D eigenvalue weighted by atomic mass is 32.2. The maximum absolute atomic E-state index is 10.8. The van der Waals surface area contributed by atoms with Gasteiger partial charge < -0.3 is 17.8 Å². The normalized spacial score (nSPS) is 14.2. The fourth-order valence-electron chi connectivity index (χ4n) is 2.33. The van der Waals surface area contributed by atoms with Crippen LogP contribution in [-0.2, 0) is 23.4 Å². The van der Waals surface area contributed by atoms with Crippen molar-refractivity contribution in [2.75, 3.05) is 27.1 Å². The second kappa shape index (κ2) is 8.75. The van der Waals surface area contributed by atoms with Gasteiger partial charge in [-0.15, -0.1) is 0 Å². The van der Waals surface area contributed by atoms with Crippen molar-refractivity contribution < 1.29 is 26.2 Å². The summed E-state index contributed by atoms with van der Waals surface area (Å²) >= 11 is 0. The molecular formula is C12H24N2O6SSi. The van der Waals surface area contributed by atoms with Gasteiger partial charge in [0, 0.05) is 45.8 Å². The Hall–Kier alpha value is -0.783. The number of imidazole rings is 1. The smallest absolute Gasteiger partial charge is 0.377 e. The second-order valence-corrected chi connectivity index (χ2v) is 9.59. The Bertz CT molecular complexity index is 509. The minimum atomic E-state index is -3.94. The van der Waals surface area contributed by atoms with Gasteiger partial charge in [0.2, 0.25) is 0 Å². The number of nitrogens with zero attached hydrogens (tertiary/aromatic N) is 2. The maximum atomic E-state index is 10.8. The summed E-state index contributed by atoms with van der Waals surface area (Å²) < 4.78 is 48.6. The third-order valence-electron chi connectivity index (χ3n) is 3.60. The lowest BCUT2D eigenvalue weighted by atomic mass is 10.1. The molecule has 0 amide bonds. The van der Waals surface area contributed by atoms with E-state index < -0.39 is 18.9 Å². The first-order valence-corrected chi connectivity index (χ1v) is 10.5. The first-order valence-electron chi connectivity index (χ1n) is 6.94. The van der Waals surface area contributed by atoms with E-state index in [1.54, 1.807) is 33.9 Å². The van der Waals surface area contributed by atoms with E-state index in [4.69, 9.17) is 17.8 Å². The van der Waals surface area contributed by atoms with Crippen LogP contribution in [0.1, 0.15) is 25.3 Å². The van der Waals surface area contributed by atoms with E-state index in [0.29, 0.717) is 25.3 Å². The fourth-order valence-corrected chi connectivity index (χ4v) is 4.66. The standard InChI is InChI=1S/C12H24N2O6SSi/c1-18-22(19-2,20-3)10-6-12(14-8-7-13-11-14)5-4-9-21(15,16)17/h7-8,11-12H,4-6,9-10H2,1-3H3,(H,15,16,17). The molecule has 1 unspecified atom stereocenters. The highest BCUT2D eigenvalue weighted by Crippen LogP contribution is 2.25. The van der Waals surface area contributed by atoms with Crippen LogP contribution in [0.25, 0.3) is 0 Å². The molecule has 1 rings (SSSR count). The van der Waals surface area contributed by atoms with Crippen molar-refractivity contribution in [2.24, 2.45) is 0 Å². The molecule has 1 N–H and O–H groups in total. The lowest BCUT2D eigenvalue weighted by Crippen LogP contribution is -2.43. The summed E-state index contributed by atoms with van der Waals surface area (Å²) in [6, 6.07) is 0.641. The van der Waals surface area contributed by atoms with Gasteiger partial charge in [-0.1, -0.05) is 0 Å². The molecule has 8 nitrogen and oxygen atoms in total. The Kier molecular flexibility index (Phi) is 7.66. The summed E-state index contributed by atoms with van der Waals surface area (Å²) in [5, 5.41) is 0. The molecule has 0 aromatic carbocycles. The van der Waals surface area contributed by atoms with Crippen LogP contribution in [0.4, 0.5) is 0 Å². The molecule has 0 saturated heterocycles. The van der Waals surface area contributed by atoms with Gasteiger partial charge in [-0.25, -0.2) is 4.98 Å². The Morgan fingerprint density at radius 2 is 1.86 bits per heavy atom. The van der Waals surface area contributed by atoms with Crippen molar-refractivity contribution in [1.82, 2.24) is 9.55 Å². The molecule has 0 saturated carbocycles. The zero-order chi connectivity index (χ0) is 16.6. The molecule has 10 heteroatoms. The molecule has 0 fully saturated rings. The van der Waals surface area contributed by atoms with Gasteiger partial charge in [-0.2, -0.15) is 8.42 Å². The van der Waals surface area contributed by atoms with Gasteiger partial charge >= 0.3 is 8.80 Å². The zero-order valence-electron chi connectivity index (χ0n) is 13.1. The van der Waals surface area contributed by atoms with Crippen LogP contribution in [-0.4, -0.2) is 58.4 Å². The summed E-state index contributed by atoms with van der Waals surface area (Å²) in [6.07, 6.45) is 6.84. The van der Waals surface area contributed by atoms with Crippen LogP contribution in [0.15, 0.2) is 18.7 Å². The topological polar surface area (TPSA) is 99.9 Å². The Balaban J connectivity index is 2.67. The lowest BCUT2D eigenvalue weighted by molar-refractivity contribution is 0.121. The molecule has 1 atom stereocenters. The summed E-state index contributed by atoms with van der Waals surface area (Å²) in [5.74, 6) is -0.250. The number of hydrogen-bond donors (Lipinski definition) is 1. The molecule has 128 valence electrons. The molecule has 0 aliphatic carbocycles. The van der Waals surface area contributed by atoms with Crippen LogP contribution >= 0.6 is 0 Å². The Labute approximate surface area is 132 Å². The average Bonchev–Trinajstić information content (AvgIpc) is 3.00. The predicted molar refractivity (Wildman–Crippen MR) is 83.1 cm³/mol. The monoisotopic (exact) mass is 352 g/mol. The first-order chi connectivity index (χ1) is 10.4. The molecule has 1 aromatic heterocycles. The van der Waals surface area contributed by atoms with E-state index in [0.717, 1.165) is 0 Å². The van der Waals surface area contributed by atoms with Crippen LogP contribution in [0, 0.1) is 0 Å². The van der Waals surface area contributed by atoms with Crippen LogP contribution < -0.4 is 0 Å². The third-order valence-corrected chi connectivity index (χ3v) is 7.17. The molecule has 22 heavy (non-hydrogen) atoms. The van der Waals surface area contributed by atoms with E-state index >= 15 is 0 Å². The summed E-state index contributed by atoms with van der Waals surface area (Å²) in [6.45, 7) is 0. The van der Waals surface area contributed by atoms with Crippen LogP contribution in [0.5, 0.6) is 0 Å². The van der Waals surface area contributed by atoms with E-state index in [1.165, 1.54) is 0 Å². The van der Waals surface area contributed by atoms with E-state index in [-0.39, 0.29) is 11.8 Å². The molecule has 0 radical (unpaired) electrons. The average molecular weight is 352 g/mol. The van der Waals surface area contributed by atoms with Crippen molar-refractivity contribution in [3.63, 3.8) is 0 Å². The summed E-state index contributed by atoms with van der Waals surface area (Å²) in [4.78, 5) is 4.02. The number of hydrogen-bond acceptors (Lipinski definition) is 6. The van der Waals surface area contributed by atoms with E-state index in [9.17, 15) is 8.42 Å². The van der Waals surface area contributed by atoms with E-state index in [1.807, 2.05) is 10.8 Å². The minimum Gasteiger partial charge on any atom is -0.377 e. The fraction of sp³-hybridized carbons (Fsp3) is 0.750. The molecule has 0 spiro atoms. The third kappa shape index (κ3) is 6.14.